The van der Waals surface area contributed by atoms with E-state index in [9.17, 15) is 5.26 Å². The summed E-state index contributed by atoms with van der Waals surface area (Å²) in [6.45, 7) is 8.26. The van der Waals surface area contributed by atoms with Gasteiger partial charge in [0.05, 0.1) is 18.9 Å². The van der Waals surface area contributed by atoms with Crippen LogP contribution in [0.4, 0.5) is 5.88 Å². The zero-order valence-electron chi connectivity index (χ0n) is 18.1. The van der Waals surface area contributed by atoms with E-state index in [1.54, 1.807) is 4.68 Å². The Kier molecular flexibility index (Phi) is 4.99. The largest absolute Gasteiger partial charge is 0.417 e. The van der Waals surface area contributed by atoms with Crippen molar-refractivity contribution in [3.63, 3.8) is 0 Å². The van der Waals surface area contributed by atoms with Gasteiger partial charge in [-0.2, -0.15) is 15.3 Å². The highest BCUT2D eigenvalue weighted by atomic mass is 16.5. The first-order chi connectivity index (χ1) is 15.5. The van der Waals surface area contributed by atoms with E-state index in [1.165, 1.54) is 0 Å². The third-order valence-corrected chi connectivity index (χ3v) is 5.33. The molecule has 0 amide bonds. The molecule has 1 aliphatic heterocycles. The third-order valence-electron chi connectivity index (χ3n) is 5.33. The van der Waals surface area contributed by atoms with Gasteiger partial charge in [-0.3, -0.25) is 0 Å². The molecule has 4 heterocycles. The minimum atomic E-state index is 0.209. The average Bonchev–Trinajstić information content (AvgIpc) is 3.50. The van der Waals surface area contributed by atoms with Gasteiger partial charge in [-0.15, -0.1) is 0 Å². The van der Waals surface area contributed by atoms with Gasteiger partial charge in [-0.1, -0.05) is 17.7 Å². The van der Waals surface area contributed by atoms with Crippen LogP contribution in [-0.2, 0) is 4.74 Å². The lowest BCUT2D eigenvalue weighted by atomic mass is 10.1. The quantitative estimate of drug-likeness (QED) is 0.481. The van der Waals surface area contributed by atoms with Crippen molar-refractivity contribution >= 4 is 5.88 Å². The van der Waals surface area contributed by atoms with Crippen LogP contribution >= 0.6 is 0 Å². The number of benzene rings is 1. The lowest BCUT2D eigenvalue weighted by Gasteiger charge is -2.25. The zero-order valence-corrected chi connectivity index (χ0v) is 18.1. The molecule has 1 fully saturated rings. The van der Waals surface area contributed by atoms with Gasteiger partial charge in [0, 0.05) is 24.3 Å². The van der Waals surface area contributed by atoms with Crippen molar-refractivity contribution in [3.05, 3.63) is 53.0 Å². The average molecular weight is 430 g/mol. The predicted molar refractivity (Wildman–Crippen MR) is 117 cm³/mol. The highest BCUT2D eigenvalue weighted by Crippen LogP contribution is 2.35. The SMILES string of the molecule is Cc1ccc(-c2nc(-c3nc(C#N)c(N4CCOCC4)o3)c(-n3nc(C)cc3C)o2)cc1. The summed E-state index contributed by atoms with van der Waals surface area (Å²) < 4.78 is 19.4. The van der Waals surface area contributed by atoms with Gasteiger partial charge >= 0.3 is 0 Å². The maximum Gasteiger partial charge on any atom is 0.254 e. The molecule has 32 heavy (non-hydrogen) atoms. The molecule has 4 aromatic rings. The van der Waals surface area contributed by atoms with Crippen molar-refractivity contribution in [3.8, 4) is 35.0 Å². The number of nitrogens with zero attached hydrogens (tertiary/aromatic N) is 6. The van der Waals surface area contributed by atoms with E-state index in [2.05, 4.69) is 16.2 Å². The standard InChI is InChI=1S/C23H22N6O3/c1-14-4-6-17(7-5-14)20-26-19(23(31-20)29-16(3)12-15(2)27-29)21-25-18(13-24)22(32-21)28-8-10-30-11-9-28/h4-7,12H,8-11H2,1-3H3. The lowest BCUT2D eigenvalue weighted by Crippen LogP contribution is -2.36. The summed E-state index contributed by atoms with van der Waals surface area (Å²) in [7, 11) is 0. The Bertz CT molecular complexity index is 1300. The van der Waals surface area contributed by atoms with Crippen LogP contribution in [0.25, 0.3) is 28.9 Å². The van der Waals surface area contributed by atoms with Crippen molar-refractivity contribution in [2.24, 2.45) is 0 Å². The molecule has 1 aliphatic rings. The van der Waals surface area contributed by atoms with Crippen LogP contribution in [0.1, 0.15) is 22.6 Å². The third kappa shape index (κ3) is 3.55. The van der Waals surface area contributed by atoms with E-state index in [0.717, 1.165) is 22.5 Å². The minimum Gasteiger partial charge on any atom is -0.417 e. The normalized spacial score (nSPS) is 14.0. The molecule has 5 rings (SSSR count). The fourth-order valence-electron chi connectivity index (χ4n) is 3.72. The van der Waals surface area contributed by atoms with Crippen LogP contribution in [0.5, 0.6) is 0 Å². The Labute approximate surface area is 184 Å². The van der Waals surface area contributed by atoms with Crippen molar-refractivity contribution in [1.82, 2.24) is 19.7 Å². The van der Waals surface area contributed by atoms with Gasteiger partial charge in [-0.05, 0) is 39.0 Å². The molecule has 0 radical (unpaired) electrons. The Balaban J connectivity index is 1.66. The van der Waals surface area contributed by atoms with Gasteiger partial charge in [0.1, 0.15) is 6.07 Å². The Morgan fingerprint density at radius 3 is 2.31 bits per heavy atom. The Morgan fingerprint density at radius 1 is 0.938 bits per heavy atom. The topological polar surface area (TPSA) is 106 Å². The maximum atomic E-state index is 9.66. The second-order valence-corrected chi connectivity index (χ2v) is 7.76. The summed E-state index contributed by atoms with van der Waals surface area (Å²) in [5.41, 5.74) is 4.30. The molecule has 0 atom stereocenters. The fraction of sp³-hybridized carbons (Fsp3) is 0.304. The second kappa shape index (κ2) is 7.98. The predicted octanol–water partition coefficient (Wildman–Crippen LogP) is 3.82. The molecule has 0 unspecified atom stereocenters. The summed E-state index contributed by atoms with van der Waals surface area (Å²) in [6, 6.07) is 12.0. The number of ether oxygens (including phenoxy) is 1. The van der Waals surface area contributed by atoms with Crippen LogP contribution in [0.3, 0.4) is 0 Å². The molecule has 9 heteroatoms. The molecule has 1 saturated heterocycles. The van der Waals surface area contributed by atoms with Crippen LogP contribution in [0.2, 0.25) is 0 Å². The zero-order chi connectivity index (χ0) is 22.2. The highest BCUT2D eigenvalue weighted by molar-refractivity contribution is 5.66. The van der Waals surface area contributed by atoms with Crippen molar-refractivity contribution < 1.29 is 13.6 Å². The van der Waals surface area contributed by atoms with Crippen molar-refractivity contribution in [2.45, 2.75) is 20.8 Å². The van der Waals surface area contributed by atoms with E-state index in [0.29, 0.717) is 49.7 Å². The van der Waals surface area contributed by atoms with Gasteiger partial charge in [0.25, 0.3) is 11.8 Å². The number of hydrogen-bond acceptors (Lipinski definition) is 8. The molecule has 3 aromatic heterocycles. The molecule has 0 spiro atoms. The summed E-state index contributed by atoms with van der Waals surface area (Å²) in [6.07, 6.45) is 0. The maximum absolute atomic E-state index is 9.66. The Morgan fingerprint density at radius 2 is 1.66 bits per heavy atom. The summed E-state index contributed by atoms with van der Waals surface area (Å²) in [4.78, 5) is 11.1. The monoisotopic (exact) mass is 430 g/mol. The number of morpholine rings is 1. The molecule has 0 N–H and O–H groups in total. The fourth-order valence-corrected chi connectivity index (χ4v) is 3.72. The van der Waals surface area contributed by atoms with E-state index >= 15 is 0 Å². The van der Waals surface area contributed by atoms with Crippen molar-refractivity contribution in [1.29, 1.82) is 5.26 Å². The van der Waals surface area contributed by atoms with Gasteiger partial charge < -0.3 is 18.5 Å². The molecular formula is C23H22N6O3. The number of anilines is 1. The van der Waals surface area contributed by atoms with Crippen LogP contribution in [0.15, 0.2) is 39.2 Å². The highest BCUT2D eigenvalue weighted by Gasteiger charge is 2.28. The molecule has 9 nitrogen and oxygen atoms in total. The molecule has 0 saturated carbocycles. The molecule has 0 aliphatic carbocycles. The molecule has 1 aromatic carbocycles. The van der Waals surface area contributed by atoms with E-state index in [1.807, 2.05) is 56.0 Å². The molecular weight excluding hydrogens is 408 g/mol. The Hall–Kier alpha value is -3.90. The van der Waals surface area contributed by atoms with Crippen molar-refractivity contribution in [2.75, 3.05) is 31.2 Å². The number of aromatic nitrogens is 4. The van der Waals surface area contributed by atoms with Gasteiger partial charge in [0.2, 0.25) is 17.5 Å². The van der Waals surface area contributed by atoms with Gasteiger partial charge in [-0.25, -0.2) is 9.67 Å². The first-order valence-electron chi connectivity index (χ1n) is 10.4. The smallest absolute Gasteiger partial charge is 0.254 e. The molecule has 162 valence electrons. The first-order valence-corrected chi connectivity index (χ1v) is 10.4. The van der Waals surface area contributed by atoms with E-state index < -0.39 is 0 Å². The second-order valence-electron chi connectivity index (χ2n) is 7.76. The number of nitriles is 1. The number of aryl methyl sites for hydroxylation is 3. The van der Waals surface area contributed by atoms with E-state index in [-0.39, 0.29) is 11.6 Å². The van der Waals surface area contributed by atoms with E-state index in [4.69, 9.17) is 18.6 Å². The van der Waals surface area contributed by atoms with Crippen LogP contribution in [-0.4, -0.2) is 46.1 Å². The van der Waals surface area contributed by atoms with Crippen LogP contribution < -0.4 is 4.90 Å². The molecule has 0 bridgehead atoms. The number of oxazole rings is 2. The summed E-state index contributed by atoms with van der Waals surface area (Å²) >= 11 is 0. The number of hydrogen-bond donors (Lipinski definition) is 0. The lowest BCUT2D eigenvalue weighted by molar-refractivity contribution is 0.121. The van der Waals surface area contributed by atoms with Gasteiger partial charge in [0.15, 0.2) is 5.69 Å². The minimum absolute atomic E-state index is 0.209. The first kappa shape index (κ1) is 20.0. The number of rotatable bonds is 4. The summed E-state index contributed by atoms with van der Waals surface area (Å²) in [5, 5.41) is 14.2. The van der Waals surface area contributed by atoms with Crippen LogP contribution in [0, 0.1) is 32.1 Å². The summed E-state index contributed by atoms with van der Waals surface area (Å²) in [5.74, 6) is 1.45.